The van der Waals surface area contributed by atoms with Gasteiger partial charge in [-0.3, -0.25) is 14.8 Å². The van der Waals surface area contributed by atoms with E-state index < -0.39 is 0 Å². The Kier molecular flexibility index (Phi) is 2.35. The summed E-state index contributed by atoms with van der Waals surface area (Å²) in [5.41, 5.74) is 6.64. The van der Waals surface area contributed by atoms with Crippen LogP contribution in [0.5, 0.6) is 0 Å². The highest BCUT2D eigenvalue weighted by molar-refractivity contribution is 5.94. The van der Waals surface area contributed by atoms with Gasteiger partial charge in [-0.05, 0) is 12.1 Å². The lowest BCUT2D eigenvalue weighted by Crippen LogP contribution is -2.14. The summed E-state index contributed by atoms with van der Waals surface area (Å²) in [4.78, 5) is 16.6. The van der Waals surface area contributed by atoms with Gasteiger partial charge < -0.3 is 5.73 Å². The van der Waals surface area contributed by atoms with Gasteiger partial charge in [0.05, 0.1) is 10.7 Å². The van der Waals surface area contributed by atoms with E-state index in [4.69, 9.17) is 11.1 Å². The smallest absolute Gasteiger partial charge is 0.259 e. The number of nitrogens with two attached hydrogens (primary N) is 1. The van der Waals surface area contributed by atoms with Crippen molar-refractivity contribution in [2.45, 2.75) is 0 Å². The second-order valence-corrected chi connectivity index (χ2v) is 4.38. The molecule has 0 saturated carbocycles. The number of nitrogens with one attached hydrogen (secondary N) is 1. The Hall–Kier alpha value is -2.69. The lowest BCUT2D eigenvalue weighted by Gasteiger charge is -2.00. The minimum absolute atomic E-state index is 0.183. The van der Waals surface area contributed by atoms with Crippen LogP contribution in [0, 0.1) is 5.41 Å². The zero-order valence-electron chi connectivity index (χ0n) is 10.3. The second-order valence-electron chi connectivity index (χ2n) is 4.38. The molecular weight excluding hydrogens is 240 g/mol. The van der Waals surface area contributed by atoms with Crippen molar-refractivity contribution in [3.63, 3.8) is 0 Å². The summed E-state index contributed by atoms with van der Waals surface area (Å²) in [6, 6.07) is 8.69. The van der Waals surface area contributed by atoms with E-state index >= 15 is 0 Å². The van der Waals surface area contributed by atoms with Gasteiger partial charge in [-0.1, -0.05) is 18.2 Å². The van der Waals surface area contributed by atoms with Gasteiger partial charge >= 0.3 is 0 Å². The molecule has 5 nitrogen and oxygen atoms in total. The van der Waals surface area contributed by atoms with Gasteiger partial charge in [0.2, 0.25) is 0 Å². The number of aromatic nitrogens is 2. The number of fused-ring (bicyclic) bond motifs is 2. The van der Waals surface area contributed by atoms with Gasteiger partial charge in [-0.15, -0.1) is 0 Å². The van der Waals surface area contributed by atoms with E-state index in [1.807, 2.05) is 0 Å². The molecule has 0 radical (unpaired) electrons. The predicted octanol–water partition coefficient (Wildman–Crippen LogP) is 1.15. The van der Waals surface area contributed by atoms with E-state index in [2.05, 4.69) is 4.98 Å². The van der Waals surface area contributed by atoms with Crippen molar-refractivity contribution in [3.8, 4) is 0 Å². The van der Waals surface area contributed by atoms with Crippen LogP contribution < -0.4 is 16.7 Å². The van der Waals surface area contributed by atoms with Crippen LogP contribution >= 0.6 is 0 Å². The number of nitrogen functional groups attached to an aromatic ring is 1. The monoisotopic (exact) mass is 252 g/mol. The molecule has 0 fully saturated rings. The van der Waals surface area contributed by atoms with Crippen molar-refractivity contribution in [2.24, 2.45) is 7.05 Å². The number of nitrogens with zero attached hydrogens (tertiary/aromatic N) is 2. The molecule has 0 amide bonds. The standard InChI is InChI=1S/C14H12N4O/c1-18-13-11(10(15)6-7-17-13)12(16)8-4-2-3-5-9(8)14(18)19/h2-7,16H,1H3,(H2,15,17). The molecule has 0 aliphatic carbocycles. The summed E-state index contributed by atoms with van der Waals surface area (Å²) in [5, 5.41) is 10.1. The van der Waals surface area contributed by atoms with Crippen LogP contribution in [0.15, 0.2) is 41.3 Å². The number of rotatable bonds is 0. The van der Waals surface area contributed by atoms with Crippen LogP contribution in [-0.2, 0) is 7.05 Å². The number of hydrogen-bond donors (Lipinski definition) is 2. The Morgan fingerprint density at radius 3 is 2.63 bits per heavy atom. The van der Waals surface area contributed by atoms with Gasteiger partial charge in [-0.2, -0.15) is 0 Å². The maximum Gasteiger partial charge on any atom is 0.259 e. The van der Waals surface area contributed by atoms with Crippen molar-refractivity contribution in [1.82, 2.24) is 9.55 Å². The molecule has 3 N–H and O–H groups in total. The number of anilines is 1. The lowest BCUT2D eigenvalue weighted by atomic mass is 10.1. The largest absolute Gasteiger partial charge is 0.398 e. The molecule has 3 aromatic rings. The zero-order valence-corrected chi connectivity index (χ0v) is 10.3. The molecule has 94 valence electrons. The van der Waals surface area contributed by atoms with Crippen molar-refractivity contribution < 1.29 is 0 Å². The fraction of sp³-hybridized carbons (Fsp3) is 0.0714. The van der Waals surface area contributed by atoms with Crippen LogP contribution in [0.3, 0.4) is 0 Å². The molecule has 3 rings (SSSR count). The molecule has 5 heteroatoms. The van der Waals surface area contributed by atoms with Crippen LogP contribution in [0.25, 0.3) is 21.8 Å². The summed E-state index contributed by atoms with van der Waals surface area (Å²) in [6.45, 7) is 0. The molecule has 0 aliphatic rings. The normalized spacial score (nSPS) is 11.0. The van der Waals surface area contributed by atoms with E-state index in [1.165, 1.54) is 4.57 Å². The number of pyridine rings is 1. The minimum atomic E-state index is -0.183. The topological polar surface area (TPSA) is 84.8 Å². The number of hydrogen-bond acceptors (Lipinski definition) is 4. The Morgan fingerprint density at radius 2 is 1.89 bits per heavy atom. The number of benzene rings is 1. The summed E-state index contributed by atoms with van der Waals surface area (Å²) in [7, 11) is 1.64. The molecule has 19 heavy (non-hydrogen) atoms. The fourth-order valence-electron chi connectivity index (χ4n) is 2.27. The maximum atomic E-state index is 12.4. The summed E-state index contributed by atoms with van der Waals surface area (Å²) < 4.78 is 1.44. The van der Waals surface area contributed by atoms with Crippen molar-refractivity contribution >= 4 is 27.5 Å². The van der Waals surface area contributed by atoms with Crippen LogP contribution in [0.2, 0.25) is 0 Å². The summed E-state index contributed by atoms with van der Waals surface area (Å²) >= 11 is 0. The first-order chi connectivity index (χ1) is 9.11. The highest BCUT2D eigenvalue weighted by Crippen LogP contribution is 2.15. The van der Waals surface area contributed by atoms with E-state index in [9.17, 15) is 4.79 Å². The SMILES string of the molecule is Cn1c(=O)c2ccccc2c(=N)c2c(N)ccnc21. The Balaban J connectivity index is 2.86. The molecule has 0 saturated heterocycles. The molecule has 0 bridgehead atoms. The zero-order chi connectivity index (χ0) is 13.6. The first kappa shape index (κ1) is 11.4. The van der Waals surface area contributed by atoms with E-state index in [-0.39, 0.29) is 10.9 Å². The molecule has 0 spiro atoms. The minimum Gasteiger partial charge on any atom is -0.398 e. The highest BCUT2D eigenvalue weighted by Gasteiger charge is 2.09. The lowest BCUT2D eigenvalue weighted by molar-refractivity contribution is 0.903. The Labute approximate surface area is 108 Å². The number of aryl methyl sites for hydroxylation is 1. The average molecular weight is 252 g/mol. The van der Waals surface area contributed by atoms with E-state index in [0.717, 1.165) is 0 Å². The molecule has 0 atom stereocenters. The molecule has 0 unspecified atom stereocenters. The van der Waals surface area contributed by atoms with Crippen LogP contribution in [0.1, 0.15) is 0 Å². The third kappa shape index (κ3) is 1.52. The predicted molar refractivity (Wildman–Crippen MR) is 74.8 cm³/mol. The van der Waals surface area contributed by atoms with Gasteiger partial charge in [0.25, 0.3) is 5.56 Å². The third-order valence-electron chi connectivity index (χ3n) is 3.26. The highest BCUT2D eigenvalue weighted by atomic mass is 16.1. The van der Waals surface area contributed by atoms with Crippen LogP contribution in [0.4, 0.5) is 5.69 Å². The van der Waals surface area contributed by atoms with Crippen LogP contribution in [-0.4, -0.2) is 9.55 Å². The summed E-state index contributed by atoms with van der Waals surface area (Å²) in [6.07, 6.45) is 1.54. The average Bonchev–Trinajstić information content (AvgIpc) is 2.51. The second kappa shape index (κ2) is 3.91. The van der Waals surface area contributed by atoms with Gasteiger partial charge in [0, 0.05) is 29.7 Å². The molecule has 1 aromatic carbocycles. The van der Waals surface area contributed by atoms with Gasteiger partial charge in [-0.25, -0.2) is 4.98 Å². The van der Waals surface area contributed by atoms with E-state index in [0.29, 0.717) is 27.5 Å². The van der Waals surface area contributed by atoms with Crippen molar-refractivity contribution in [1.29, 1.82) is 5.41 Å². The van der Waals surface area contributed by atoms with Crippen molar-refractivity contribution in [2.75, 3.05) is 5.73 Å². The first-order valence-corrected chi connectivity index (χ1v) is 5.82. The molecule has 2 aromatic heterocycles. The van der Waals surface area contributed by atoms with Gasteiger partial charge in [0.1, 0.15) is 5.65 Å². The third-order valence-corrected chi connectivity index (χ3v) is 3.26. The Bertz CT molecular complexity index is 928. The maximum absolute atomic E-state index is 12.4. The summed E-state index contributed by atoms with van der Waals surface area (Å²) in [5.74, 6) is 0. The quantitative estimate of drug-likeness (QED) is 0.629. The first-order valence-electron chi connectivity index (χ1n) is 5.82. The molecule has 0 aliphatic heterocycles. The van der Waals surface area contributed by atoms with Gasteiger partial charge in [0.15, 0.2) is 0 Å². The molecule has 2 heterocycles. The van der Waals surface area contributed by atoms with Crippen molar-refractivity contribution in [3.05, 3.63) is 52.2 Å². The fourth-order valence-corrected chi connectivity index (χ4v) is 2.27. The Morgan fingerprint density at radius 1 is 1.21 bits per heavy atom. The molecular formula is C14H12N4O. The van der Waals surface area contributed by atoms with E-state index in [1.54, 1.807) is 43.6 Å².